The van der Waals surface area contributed by atoms with Crippen molar-refractivity contribution in [3.63, 3.8) is 0 Å². The molecule has 0 radical (unpaired) electrons. The van der Waals surface area contributed by atoms with Gasteiger partial charge in [-0.25, -0.2) is 0 Å². The molecule has 3 heteroatoms. The zero-order valence-electron chi connectivity index (χ0n) is 9.10. The van der Waals surface area contributed by atoms with Crippen LogP contribution in [0.4, 0.5) is 0 Å². The zero-order chi connectivity index (χ0) is 10.2. The van der Waals surface area contributed by atoms with Crippen LogP contribution in [0, 0.1) is 6.92 Å². The van der Waals surface area contributed by atoms with E-state index in [1.165, 1.54) is 17.5 Å². The van der Waals surface area contributed by atoms with E-state index in [4.69, 9.17) is 0 Å². The molecule has 14 heavy (non-hydrogen) atoms. The monoisotopic (exact) mass is 212 g/mol. The zero-order valence-corrected chi connectivity index (χ0v) is 9.91. The highest BCUT2D eigenvalue weighted by atomic mass is 32.1. The molecule has 1 aromatic heterocycles. The molecular weight excluding hydrogens is 192 g/mol. The van der Waals surface area contributed by atoms with Gasteiger partial charge in [0.15, 0.2) is 0 Å². The van der Waals surface area contributed by atoms with Crippen LogP contribution in [0.2, 0.25) is 0 Å². The lowest BCUT2D eigenvalue weighted by atomic mass is 10.2. The van der Waals surface area contributed by atoms with Gasteiger partial charge in [0, 0.05) is 6.54 Å². The largest absolute Gasteiger partial charge is 0.317 e. The van der Waals surface area contributed by atoms with E-state index in [9.17, 15) is 0 Å². The van der Waals surface area contributed by atoms with Gasteiger partial charge < -0.3 is 10.6 Å². The lowest BCUT2D eigenvalue weighted by molar-refractivity contribution is 0.606. The van der Waals surface area contributed by atoms with E-state index in [0.29, 0.717) is 0 Å². The van der Waals surface area contributed by atoms with E-state index in [1.54, 1.807) is 11.3 Å². The van der Waals surface area contributed by atoms with Crippen LogP contribution >= 0.6 is 11.3 Å². The minimum absolute atomic E-state index is 1.02. The average molecular weight is 212 g/mol. The first-order valence-corrected chi connectivity index (χ1v) is 6.22. The Morgan fingerprint density at radius 3 is 2.64 bits per heavy atom. The van der Waals surface area contributed by atoms with E-state index < -0.39 is 0 Å². The van der Waals surface area contributed by atoms with Gasteiger partial charge in [0.2, 0.25) is 0 Å². The Morgan fingerprint density at radius 1 is 1.21 bits per heavy atom. The highest BCUT2D eigenvalue weighted by Gasteiger charge is 1.97. The minimum Gasteiger partial charge on any atom is -0.317 e. The Labute approximate surface area is 90.7 Å². The molecule has 2 N–H and O–H groups in total. The third kappa shape index (κ3) is 4.22. The van der Waals surface area contributed by atoms with Gasteiger partial charge in [0.05, 0.1) is 0 Å². The molecule has 1 rings (SSSR count). The highest BCUT2D eigenvalue weighted by molar-refractivity contribution is 7.08. The van der Waals surface area contributed by atoms with E-state index in [-0.39, 0.29) is 0 Å². The first-order valence-electron chi connectivity index (χ1n) is 5.27. The van der Waals surface area contributed by atoms with Crippen LogP contribution in [-0.4, -0.2) is 19.6 Å². The lowest BCUT2D eigenvalue weighted by Crippen LogP contribution is -2.21. The van der Waals surface area contributed by atoms with E-state index in [2.05, 4.69) is 35.2 Å². The molecule has 1 aromatic rings. The van der Waals surface area contributed by atoms with Crippen LogP contribution in [-0.2, 0) is 6.54 Å². The van der Waals surface area contributed by atoms with Gasteiger partial charge in [-0.05, 0) is 54.9 Å². The van der Waals surface area contributed by atoms with Gasteiger partial charge in [-0.15, -0.1) is 0 Å². The fourth-order valence-corrected chi connectivity index (χ4v) is 2.16. The summed E-state index contributed by atoms with van der Waals surface area (Å²) in [6.07, 6.45) is 1.21. The molecule has 0 aliphatic carbocycles. The maximum Gasteiger partial charge on any atom is 0.0216 e. The van der Waals surface area contributed by atoms with Crippen LogP contribution < -0.4 is 10.6 Å². The fraction of sp³-hybridized carbons (Fsp3) is 0.636. The number of thiophene rings is 1. The van der Waals surface area contributed by atoms with Crippen LogP contribution in [0.15, 0.2) is 10.8 Å². The summed E-state index contributed by atoms with van der Waals surface area (Å²) < 4.78 is 0. The first-order chi connectivity index (χ1) is 6.84. The molecular formula is C11H20N2S. The number of aryl methyl sites for hydroxylation is 1. The van der Waals surface area contributed by atoms with Crippen molar-refractivity contribution in [1.82, 2.24) is 10.6 Å². The molecule has 2 nitrogen and oxygen atoms in total. The van der Waals surface area contributed by atoms with Crippen LogP contribution in [0.5, 0.6) is 0 Å². The normalized spacial score (nSPS) is 10.7. The van der Waals surface area contributed by atoms with Gasteiger partial charge in [0.1, 0.15) is 0 Å². The van der Waals surface area contributed by atoms with Crippen molar-refractivity contribution in [2.75, 3.05) is 19.6 Å². The summed E-state index contributed by atoms with van der Waals surface area (Å²) in [6, 6.07) is 0. The molecule has 1 heterocycles. The maximum atomic E-state index is 3.45. The van der Waals surface area contributed by atoms with E-state index in [1.807, 2.05) is 0 Å². The third-order valence-electron chi connectivity index (χ3n) is 2.23. The average Bonchev–Trinajstić information content (AvgIpc) is 2.58. The van der Waals surface area contributed by atoms with Crippen molar-refractivity contribution in [3.8, 4) is 0 Å². The Morgan fingerprint density at radius 2 is 2.00 bits per heavy atom. The first kappa shape index (κ1) is 11.7. The summed E-state index contributed by atoms with van der Waals surface area (Å²) in [5.74, 6) is 0. The van der Waals surface area contributed by atoms with Crippen molar-refractivity contribution < 1.29 is 0 Å². The molecule has 0 saturated heterocycles. The molecule has 0 saturated carbocycles. The standard InChI is InChI=1S/C11H20N2S/c1-3-12-5-4-6-13-7-11-9-14-8-10(11)2/h8-9,12-13H,3-7H2,1-2H3. The van der Waals surface area contributed by atoms with Gasteiger partial charge in [-0.2, -0.15) is 11.3 Å². The van der Waals surface area contributed by atoms with Crippen molar-refractivity contribution in [3.05, 3.63) is 21.9 Å². The second-order valence-corrected chi connectivity index (χ2v) is 4.21. The van der Waals surface area contributed by atoms with Crippen molar-refractivity contribution in [2.24, 2.45) is 0 Å². The Hall–Kier alpha value is -0.380. The Kier molecular flexibility index (Phi) is 5.83. The summed E-state index contributed by atoms with van der Waals surface area (Å²) in [5, 5.41) is 11.2. The number of hydrogen-bond donors (Lipinski definition) is 2. The summed E-state index contributed by atoms with van der Waals surface area (Å²) in [4.78, 5) is 0. The molecule has 0 aliphatic rings. The van der Waals surface area contributed by atoms with Gasteiger partial charge in [-0.3, -0.25) is 0 Å². The molecule has 0 atom stereocenters. The van der Waals surface area contributed by atoms with Gasteiger partial charge in [0.25, 0.3) is 0 Å². The molecule has 0 bridgehead atoms. The molecule has 0 spiro atoms. The minimum atomic E-state index is 1.02. The number of nitrogens with one attached hydrogen (secondary N) is 2. The third-order valence-corrected chi connectivity index (χ3v) is 3.14. The molecule has 0 aromatic carbocycles. The van der Waals surface area contributed by atoms with Gasteiger partial charge in [-0.1, -0.05) is 6.92 Å². The molecule has 0 unspecified atom stereocenters. The van der Waals surface area contributed by atoms with Crippen LogP contribution in [0.3, 0.4) is 0 Å². The molecule has 0 aliphatic heterocycles. The second kappa shape index (κ2) is 6.98. The molecule has 0 fully saturated rings. The van der Waals surface area contributed by atoms with Gasteiger partial charge >= 0.3 is 0 Å². The summed E-state index contributed by atoms with van der Waals surface area (Å²) in [7, 11) is 0. The number of rotatable bonds is 7. The smallest absolute Gasteiger partial charge is 0.0216 e. The number of hydrogen-bond acceptors (Lipinski definition) is 3. The molecule has 80 valence electrons. The van der Waals surface area contributed by atoms with Crippen molar-refractivity contribution in [1.29, 1.82) is 0 Å². The molecule has 0 amide bonds. The lowest BCUT2D eigenvalue weighted by Gasteiger charge is -2.04. The predicted molar refractivity (Wildman–Crippen MR) is 63.9 cm³/mol. The summed E-state index contributed by atoms with van der Waals surface area (Å²) in [6.45, 7) is 8.62. The Balaban J connectivity index is 2.02. The Bertz CT molecular complexity index is 245. The van der Waals surface area contributed by atoms with Crippen LogP contribution in [0.25, 0.3) is 0 Å². The van der Waals surface area contributed by atoms with Crippen molar-refractivity contribution >= 4 is 11.3 Å². The maximum absolute atomic E-state index is 3.45. The predicted octanol–water partition coefficient (Wildman–Crippen LogP) is 2.15. The summed E-state index contributed by atoms with van der Waals surface area (Å²) in [5.41, 5.74) is 2.85. The highest BCUT2D eigenvalue weighted by Crippen LogP contribution is 2.12. The topological polar surface area (TPSA) is 24.1 Å². The quantitative estimate of drug-likeness (QED) is 0.677. The summed E-state index contributed by atoms with van der Waals surface area (Å²) >= 11 is 1.79. The van der Waals surface area contributed by atoms with E-state index in [0.717, 1.165) is 26.2 Å². The fourth-order valence-electron chi connectivity index (χ4n) is 1.31. The SMILES string of the molecule is CCNCCCNCc1cscc1C. The van der Waals surface area contributed by atoms with Crippen molar-refractivity contribution in [2.45, 2.75) is 26.8 Å². The van der Waals surface area contributed by atoms with Crippen LogP contribution in [0.1, 0.15) is 24.5 Å². The van der Waals surface area contributed by atoms with E-state index >= 15 is 0 Å². The second-order valence-electron chi connectivity index (χ2n) is 3.46.